The van der Waals surface area contributed by atoms with E-state index in [4.69, 9.17) is 0 Å². The third-order valence-corrected chi connectivity index (χ3v) is 2.58. The van der Waals surface area contributed by atoms with Gasteiger partial charge in [0, 0.05) is 31.9 Å². The maximum atomic E-state index is 9.90. The van der Waals surface area contributed by atoms with Crippen LogP contribution < -0.4 is 5.32 Å². The molecule has 0 saturated carbocycles. The molecule has 1 aromatic rings. The zero-order chi connectivity index (χ0) is 9.31. The highest BCUT2D eigenvalue weighted by Crippen LogP contribution is 2.19. The van der Waals surface area contributed by atoms with Crippen molar-refractivity contribution in [1.29, 1.82) is 0 Å². The zero-order valence-corrected chi connectivity index (χ0v) is 7.75. The van der Waals surface area contributed by atoms with E-state index in [2.05, 4.69) is 10.3 Å². The van der Waals surface area contributed by atoms with Crippen LogP contribution in [0.4, 0.5) is 0 Å². The minimum Gasteiger partial charge on any atom is -0.387 e. The van der Waals surface area contributed by atoms with Crippen LogP contribution in [0, 0.1) is 6.92 Å². The first-order chi connectivity index (χ1) is 6.20. The van der Waals surface area contributed by atoms with Crippen molar-refractivity contribution >= 4 is 0 Å². The van der Waals surface area contributed by atoms with Gasteiger partial charge in [0.2, 0.25) is 0 Å². The van der Waals surface area contributed by atoms with E-state index in [0.29, 0.717) is 19.5 Å². The molecule has 0 unspecified atom stereocenters. The molecule has 2 N–H and O–H groups in total. The predicted octanol–water partition coefficient (Wildman–Crippen LogP) is 0.267. The summed E-state index contributed by atoms with van der Waals surface area (Å²) in [4.78, 5) is 4.06. The van der Waals surface area contributed by atoms with Gasteiger partial charge in [0.15, 0.2) is 0 Å². The van der Waals surface area contributed by atoms with Gasteiger partial charge in [-0.25, -0.2) is 0 Å². The molecule has 0 aliphatic carbocycles. The molecule has 0 aromatic carbocycles. The molecule has 13 heavy (non-hydrogen) atoms. The number of hydrogen-bond acceptors (Lipinski definition) is 3. The van der Waals surface area contributed by atoms with Crippen LogP contribution in [0.15, 0.2) is 18.5 Å². The van der Waals surface area contributed by atoms with E-state index < -0.39 is 5.60 Å². The van der Waals surface area contributed by atoms with Gasteiger partial charge in [0.25, 0.3) is 0 Å². The number of aromatic nitrogens is 1. The van der Waals surface area contributed by atoms with Crippen LogP contribution in [-0.4, -0.2) is 28.8 Å². The van der Waals surface area contributed by atoms with E-state index in [1.54, 1.807) is 6.20 Å². The molecule has 0 radical (unpaired) electrons. The van der Waals surface area contributed by atoms with E-state index in [1.165, 1.54) is 5.56 Å². The highest BCUT2D eigenvalue weighted by molar-refractivity contribution is 5.24. The van der Waals surface area contributed by atoms with Gasteiger partial charge in [0.1, 0.15) is 0 Å². The highest BCUT2D eigenvalue weighted by atomic mass is 16.3. The molecule has 1 aromatic heterocycles. The third kappa shape index (κ3) is 1.71. The molecule has 3 nitrogen and oxygen atoms in total. The monoisotopic (exact) mass is 178 g/mol. The van der Waals surface area contributed by atoms with Crippen molar-refractivity contribution < 1.29 is 5.11 Å². The topological polar surface area (TPSA) is 45.2 Å². The molecule has 1 aliphatic heterocycles. The molecule has 0 amide bonds. The minimum absolute atomic E-state index is 0.534. The number of pyridine rings is 1. The Balaban J connectivity index is 2.13. The number of aryl methyl sites for hydroxylation is 1. The Morgan fingerprint density at radius 1 is 1.62 bits per heavy atom. The number of β-amino-alcohol motifs (C(OH)–C–C–N with tert-alkyl or cyclic N) is 1. The lowest BCUT2D eigenvalue weighted by Crippen LogP contribution is -2.60. The van der Waals surface area contributed by atoms with E-state index in [0.717, 1.165) is 5.56 Å². The SMILES string of the molecule is Cc1ccncc1CC1(O)CNC1. The van der Waals surface area contributed by atoms with E-state index in [9.17, 15) is 5.11 Å². The molecule has 2 rings (SSSR count). The molecule has 0 bridgehead atoms. The van der Waals surface area contributed by atoms with Crippen molar-refractivity contribution in [3.05, 3.63) is 29.6 Å². The lowest BCUT2D eigenvalue weighted by Gasteiger charge is -2.37. The smallest absolute Gasteiger partial charge is 0.0935 e. The summed E-state index contributed by atoms with van der Waals surface area (Å²) in [5.41, 5.74) is 1.81. The van der Waals surface area contributed by atoms with Crippen molar-refractivity contribution in [2.45, 2.75) is 18.9 Å². The van der Waals surface area contributed by atoms with Crippen LogP contribution in [0.2, 0.25) is 0 Å². The first kappa shape index (κ1) is 8.66. The fraction of sp³-hybridized carbons (Fsp3) is 0.500. The third-order valence-electron chi connectivity index (χ3n) is 2.58. The predicted molar refractivity (Wildman–Crippen MR) is 50.5 cm³/mol. The van der Waals surface area contributed by atoms with Gasteiger partial charge in [-0.3, -0.25) is 4.98 Å². The van der Waals surface area contributed by atoms with Gasteiger partial charge in [-0.05, 0) is 24.1 Å². The highest BCUT2D eigenvalue weighted by Gasteiger charge is 2.34. The fourth-order valence-electron chi connectivity index (χ4n) is 1.57. The minimum atomic E-state index is -0.534. The van der Waals surface area contributed by atoms with Gasteiger partial charge >= 0.3 is 0 Å². The van der Waals surface area contributed by atoms with Crippen molar-refractivity contribution in [2.75, 3.05) is 13.1 Å². The van der Waals surface area contributed by atoms with Gasteiger partial charge in [-0.15, -0.1) is 0 Å². The summed E-state index contributed by atoms with van der Waals surface area (Å²) in [6, 6.07) is 1.98. The summed E-state index contributed by atoms with van der Waals surface area (Å²) in [6.07, 6.45) is 4.33. The van der Waals surface area contributed by atoms with E-state index in [1.807, 2.05) is 19.2 Å². The van der Waals surface area contributed by atoms with Crippen molar-refractivity contribution in [1.82, 2.24) is 10.3 Å². The van der Waals surface area contributed by atoms with Crippen LogP contribution in [0.3, 0.4) is 0 Å². The second-order valence-corrected chi connectivity index (χ2v) is 3.81. The quantitative estimate of drug-likeness (QED) is 0.683. The largest absolute Gasteiger partial charge is 0.387 e. The molecule has 3 heteroatoms. The van der Waals surface area contributed by atoms with Crippen LogP contribution in [-0.2, 0) is 6.42 Å². The normalized spacial score (nSPS) is 19.5. The number of hydrogen-bond donors (Lipinski definition) is 2. The van der Waals surface area contributed by atoms with Crippen LogP contribution in [0.25, 0.3) is 0 Å². The molecule has 70 valence electrons. The van der Waals surface area contributed by atoms with Gasteiger partial charge in [-0.2, -0.15) is 0 Å². The summed E-state index contributed by atoms with van der Waals surface area (Å²) < 4.78 is 0. The standard InChI is InChI=1S/C10H14N2O/c1-8-2-3-11-5-9(8)4-10(13)6-12-7-10/h2-3,5,12-13H,4,6-7H2,1H3. The molecule has 1 aliphatic rings. The fourth-order valence-corrected chi connectivity index (χ4v) is 1.57. The Morgan fingerprint density at radius 2 is 2.38 bits per heavy atom. The molecule has 2 heterocycles. The second-order valence-electron chi connectivity index (χ2n) is 3.81. The van der Waals surface area contributed by atoms with Crippen LogP contribution >= 0.6 is 0 Å². The summed E-state index contributed by atoms with van der Waals surface area (Å²) >= 11 is 0. The first-order valence-corrected chi connectivity index (χ1v) is 4.52. The molecular formula is C10H14N2O. The summed E-state index contributed by atoms with van der Waals surface area (Å²) in [7, 11) is 0. The first-order valence-electron chi connectivity index (χ1n) is 4.52. The summed E-state index contributed by atoms with van der Waals surface area (Å²) in [6.45, 7) is 3.44. The molecule has 1 fully saturated rings. The Kier molecular flexibility index (Phi) is 2.06. The molecular weight excluding hydrogens is 164 g/mol. The molecule has 0 spiro atoms. The number of nitrogens with one attached hydrogen (secondary N) is 1. The van der Waals surface area contributed by atoms with Crippen LogP contribution in [0.5, 0.6) is 0 Å². The number of aliphatic hydroxyl groups is 1. The Bertz CT molecular complexity index is 308. The van der Waals surface area contributed by atoms with Gasteiger partial charge in [0.05, 0.1) is 5.60 Å². The Morgan fingerprint density at radius 3 is 2.92 bits per heavy atom. The maximum absolute atomic E-state index is 9.90. The number of nitrogens with zero attached hydrogens (tertiary/aromatic N) is 1. The second kappa shape index (κ2) is 3.09. The van der Waals surface area contributed by atoms with Crippen molar-refractivity contribution in [2.24, 2.45) is 0 Å². The molecule has 0 atom stereocenters. The van der Waals surface area contributed by atoms with E-state index in [-0.39, 0.29) is 0 Å². The van der Waals surface area contributed by atoms with Gasteiger partial charge < -0.3 is 10.4 Å². The lowest BCUT2D eigenvalue weighted by molar-refractivity contribution is -0.00920. The van der Waals surface area contributed by atoms with E-state index >= 15 is 0 Å². The maximum Gasteiger partial charge on any atom is 0.0935 e. The zero-order valence-electron chi connectivity index (χ0n) is 7.75. The summed E-state index contributed by atoms with van der Waals surface area (Å²) in [5, 5.41) is 13.0. The average Bonchev–Trinajstić information content (AvgIpc) is 2.06. The van der Waals surface area contributed by atoms with Crippen molar-refractivity contribution in [3.8, 4) is 0 Å². The van der Waals surface area contributed by atoms with Crippen molar-refractivity contribution in [3.63, 3.8) is 0 Å². The Hall–Kier alpha value is -0.930. The molecule has 1 saturated heterocycles. The van der Waals surface area contributed by atoms with Gasteiger partial charge in [-0.1, -0.05) is 0 Å². The summed E-state index contributed by atoms with van der Waals surface area (Å²) in [5.74, 6) is 0. The number of rotatable bonds is 2. The average molecular weight is 178 g/mol. The van der Waals surface area contributed by atoms with Crippen LogP contribution in [0.1, 0.15) is 11.1 Å². The Labute approximate surface area is 77.8 Å². The lowest BCUT2D eigenvalue weighted by atomic mass is 9.88.